The minimum absolute atomic E-state index is 0.109. The number of aryl methyl sites for hydroxylation is 2. The molecular formula is C23H28N4O. The average molecular weight is 377 g/mol. The summed E-state index contributed by atoms with van der Waals surface area (Å²) in [5, 5.41) is 5.39. The van der Waals surface area contributed by atoms with Gasteiger partial charge in [0, 0.05) is 35.8 Å². The second-order valence-corrected chi connectivity index (χ2v) is 8.25. The SMILES string of the molecule is Cc1ccc2c(C(=O)N3CCCC3C)cc(-c3cnn(C(C)C)c3)nc2c1C. The molecule has 0 aliphatic carbocycles. The molecule has 2 aromatic heterocycles. The van der Waals surface area contributed by atoms with Crippen LogP contribution in [0.1, 0.15) is 61.1 Å². The summed E-state index contributed by atoms with van der Waals surface area (Å²) in [7, 11) is 0. The number of amides is 1. The van der Waals surface area contributed by atoms with Crippen LogP contribution in [-0.2, 0) is 0 Å². The number of nitrogens with zero attached hydrogens (tertiary/aromatic N) is 4. The largest absolute Gasteiger partial charge is 0.336 e. The smallest absolute Gasteiger partial charge is 0.254 e. The lowest BCUT2D eigenvalue weighted by Crippen LogP contribution is -2.33. The number of fused-ring (bicyclic) bond motifs is 1. The van der Waals surface area contributed by atoms with Crippen molar-refractivity contribution in [1.29, 1.82) is 0 Å². The summed E-state index contributed by atoms with van der Waals surface area (Å²) >= 11 is 0. The number of pyridine rings is 1. The third-order valence-corrected chi connectivity index (χ3v) is 5.98. The Morgan fingerprint density at radius 3 is 2.68 bits per heavy atom. The highest BCUT2D eigenvalue weighted by Crippen LogP contribution is 2.30. The molecule has 1 aliphatic heterocycles. The molecule has 5 nitrogen and oxygen atoms in total. The van der Waals surface area contributed by atoms with Crippen LogP contribution >= 0.6 is 0 Å². The molecule has 28 heavy (non-hydrogen) atoms. The van der Waals surface area contributed by atoms with Crippen molar-refractivity contribution < 1.29 is 4.79 Å². The number of aromatic nitrogens is 3. The number of likely N-dealkylation sites (tertiary alicyclic amines) is 1. The van der Waals surface area contributed by atoms with E-state index in [1.165, 1.54) is 5.56 Å². The minimum atomic E-state index is 0.109. The van der Waals surface area contributed by atoms with E-state index in [0.29, 0.717) is 0 Å². The molecule has 1 fully saturated rings. The number of carbonyl (C=O) groups excluding carboxylic acids is 1. The third-order valence-electron chi connectivity index (χ3n) is 5.98. The maximum Gasteiger partial charge on any atom is 0.254 e. The fourth-order valence-corrected chi connectivity index (χ4v) is 4.00. The van der Waals surface area contributed by atoms with Crippen LogP contribution in [-0.4, -0.2) is 38.2 Å². The molecule has 4 rings (SSSR count). The summed E-state index contributed by atoms with van der Waals surface area (Å²) in [6, 6.07) is 6.64. The van der Waals surface area contributed by atoms with E-state index in [4.69, 9.17) is 4.98 Å². The van der Waals surface area contributed by atoms with Crippen LogP contribution in [0, 0.1) is 13.8 Å². The van der Waals surface area contributed by atoms with Gasteiger partial charge in [0.05, 0.1) is 23.0 Å². The van der Waals surface area contributed by atoms with Crippen LogP contribution in [0.4, 0.5) is 0 Å². The number of carbonyl (C=O) groups is 1. The van der Waals surface area contributed by atoms with Crippen LogP contribution in [0.3, 0.4) is 0 Å². The van der Waals surface area contributed by atoms with E-state index >= 15 is 0 Å². The molecule has 1 unspecified atom stereocenters. The molecule has 1 saturated heterocycles. The Bertz CT molecular complexity index is 1050. The van der Waals surface area contributed by atoms with Gasteiger partial charge in [0.15, 0.2) is 0 Å². The molecule has 1 aromatic carbocycles. The number of hydrogen-bond donors (Lipinski definition) is 0. The zero-order chi connectivity index (χ0) is 20.0. The molecule has 0 spiro atoms. The molecule has 0 radical (unpaired) electrons. The Labute approximate surface area is 166 Å². The van der Waals surface area contributed by atoms with Crippen LogP contribution < -0.4 is 0 Å². The third kappa shape index (κ3) is 3.09. The first kappa shape index (κ1) is 18.7. The van der Waals surface area contributed by atoms with Gasteiger partial charge in [-0.25, -0.2) is 4.98 Å². The molecule has 146 valence electrons. The van der Waals surface area contributed by atoms with Crippen molar-refractivity contribution in [3.8, 4) is 11.3 Å². The fourth-order valence-electron chi connectivity index (χ4n) is 4.00. The van der Waals surface area contributed by atoms with E-state index in [9.17, 15) is 4.79 Å². The van der Waals surface area contributed by atoms with Crippen LogP contribution in [0.5, 0.6) is 0 Å². The lowest BCUT2D eigenvalue weighted by molar-refractivity contribution is 0.0749. The molecular weight excluding hydrogens is 348 g/mol. The molecule has 0 saturated carbocycles. The van der Waals surface area contributed by atoms with Crippen molar-refractivity contribution >= 4 is 16.8 Å². The summed E-state index contributed by atoms with van der Waals surface area (Å²) in [6.45, 7) is 11.3. The quantitative estimate of drug-likeness (QED) is 0.652. The number of hydrogen-bond acceptors (Lipinski definition) is 3. The second kappa shape index (κ2) is 7.04. The van der Waals surface area contributed by atoms with E-state index in [1.807, 2.05) is 34.1 Å². The van der Waals surface area contributed by atoms with Crippen molar-refractivity contribution in [3.63, 3.8) is 0 Å². The van der Waals surface area contributed by atoms with E-state index in [0.717, 1.165) is 52.7 Å². The van der Waals surface area contributed by atoms with Crippen LogP contribution in [0.15, 0.2) is 30.6 Å². The van der Waals surface area contributed by atoms with Crippen molar-refractivity contribution in [2.24, 2.45) is 0 Å². The van der Waals surface area contributed by atoms with Gasteiger partial charge in [-0.05, 0) is 64.7 Å². The Hall–Kier alpha value is -2.69. The maximum absolute atomic E-state index is 13.4. The fraction of sp³-hybridized carbons (Fsp3) is 0.435. The number of benzene rings is 1. The summed E-state index contributed by atoms with van der Waals surface area (Å²) in [4.78, 5) is 20.4. The van der Waals surface area contributed by atoms with E-state index in [1.54, 1.807) is 0 Å². The topological polar surface area (TPSA) is 51.0 Å². The maximum atomic E-state index is 13.4. The van der Waals surface area contributed by atoms with Crippen molar-refractivity contribution in [1.82, 2.24) is 19.7 Å². The highest BCUT2D eigenvalue weighted by molar-refractivity contribution is 6.08. The highest BCUT2D eigenvalue weighted by atomic mass is 16.2. The zero-order valence-electron chi connectivity index (χ0n) is 17.4. The van der Waals surface area contributed by atoms with Gasteiger partial charge in [0.1, 0.15) is 0 Å². The van der Waals surface area contributed by atoms with Gasteiger partial charge in [0.25, 0.3) is 5.91 Å². The summed E-state index contributed by atoms with van der Waals surface area (Å²) < 4.78 is 1.92. The average Bonchev–Trinajstić information content (AvgIpc) is 3.33. The molecule has 1 aliphatic rings. The Balaban J connectivity index is 1.91. The Kier molecular flexibility index (Phi) is 4.69. The van der Waals surface area contributed by atoms with Crippen LogP contribution in [0.25, 0.3) is 22.2 Å². The molecule has 0 N–H and O–H groups in total. The van der Waals surface area contributed by atoms with Gasteiger partial charge in [0.2, 0.25) is 0 Å². The van der Waals surface area contributed by atoms with Crippen LogP contribution in [0.2, 0.25) is 0 Å². The highest BCUT2D eigenvalue weighted by Gasteiger charge is 2.28. The van der Waals surface area contributed by atoms with E-state index in [2.05, 4.69) is 45.8 Å². The molecule has 0 bridgehead atoms. The van der Waals surface area contributed by atoms with Gasteiger partial charge >= 0.3 is 0 Å². The molecule has 3 aromatic rings. The van der Waals surface area contributed by atoms with E-state index in [-0.39, 0.29) is 18.0 Å². The normalized spacial score (nSPS) is 17.1. The van der Waals surface area contributed by atoms with E-state index < -0.39 is 0 Å². The predicted molar refractivity (Wildman–Crippen MR) is 113 cm³/mol. The minimum Gasteiger partial charge on any atom is -0.336 e. The zero-order valence-corrected chi connectivity index (χ0v) is 17.4. The summed E-state index contributed by atoms with van der Waals surface area (Å²) in [5.41, 5.74) is 5.71. The van der Waals surface area contributed by atoms with Gasteiger partial charge in [-0.1, -0.05) is 12.1 Å². The van der Waals surface area contributed by atoms with Gasteiger partial charge in [-0.3, -0.25) is 9.48 Å². The molecule has 5 heteroatoms. The standard InChI is InChI=1S/C23H28N4O/c1-14(2)27-13-18(12-24-27)21-11-20(23(28)26-10-6-7-16(26)4)19-9-8-15(3)17(5)22(19)25-21/h8-9,11-14,16H,6-7,10H2,1-5H3. The summed E-state index contributed by atoms with van der Waals surface area (Å²) in [5.74, 6) is 0.109. The molecule has 1 atom stereocenters. The second-order valence-electron chi connectivity index (χ2n) is 8.25. The van der Waals surface area contributed by atoms with Gasteiger partial charge in [-0.15, -0.1) is 0 Å². The molecule has 3 heterocycles. The lowest BCUT2D eigenvalue weighted by atomic mass is 9.99. The number of rotatable bonds is 3. The Morgan fingerprint density at radius 1 is 1.25 bits per heavy atom. The predicted octanol–water partition coefficient (Wildman–Crippen LogP) is 4.92. The van der Waals surface area contributed by atoms with Gasteiger partial charge < -0.3 is 4.90 Å². The molecule has 1 amide bonds. The lowest BCUT2D eigenvalue weighted by Gasteiger charge is -2.23. The first-order chi connectivity index (χ1) is 13.4. The first-order valence-electron chi connectivity index (χ1n) is 10.1. The van der Waals surface area contributed by atoms with Crippen molar-refractivity contribution in [2.75, 3.05) is 6.54 Å². The van der Waals surface area contributed by atoms with Crippen molar-refractivity contribution in [2.45, 2.75) is 59.5 Å². The van der Waals surface area contributed by atoms with Crippen molar-refractivity contribution in [3.05, 3.63) is 47.3 Å². The monoisotopic (exact) mass is 376 g/mol. The van der Waals surface area contributed by atoms with Gasteiger partial charge in [-0.2, -0.15) is 5.10 Å². The first-order valence-corrected chi connectivity index (χ1v) is 10.1. The Morgan fingerprint density at radius 2 is 2.04 bits per heavy atom. The summed E-state index contributed by atoms with van der Waals surface area (Å²) in [6.07, 6.45) is 5.99.